The summed E-state index contributed by atoms with van der Waals surface area (Å²) in [7, 11) is 1.63. The second-order valence-corrected chi connectivity index (χ2v) is 8.96. The van der Waals surface area contributed by atoms with E-state index >= 15 is 0 Å². The van der Waals surface area contributed by atoms with Gasteiger partial charge in [0.15, 0.2) is 4.34 Å². The fourth-order valence-electron chi connectivity index (χ4n) is 2.79. The molecule has 0 radical (unpaired) electrons. The van der Waals surface area contributed by atoms with Crippen LogP contribution in [-0.2, 0) is 4.79 Å². The van der Waals surface area contributed by atoms with Crippen molar-refractivity contribution in [3.63, 3.8) is 0 Å². The molecule has 152 valence electrons. The number of carbonyl (C=O) groups excluding carboxylic acids is 1. The molecule has 3 aromatic rings. The van der Waals surface area contributed by atoms with Crippen LogP contribution in [0.2, 0.25) is 0 Å². The maximum atomic E-state index is 12.5. The first-order valence-corrected chi connectivity index (χ1v) is 11.0. The molecule has 1 aromatic heterocycles. The Bertz CT molecular complexity index is 988. The van der Waals surface area contributed by atoms with E-state index in [-0.39, 0.29) is 11.7 Å². The van der Waals surface area contributed by atoms with Gasteiger partial charge in [0.2, 0.25) is 11.0 Å². The Morgan fingerprint density at radius 2 is 2.00 bits per heavy atom. The number of thioether (sulfide) groups is 1. The zero-order valence-corrected chi connectivity index (χ0v) is 18.5. The molecule has 3 rings (SSSR count). The minimum Gasteiger partial charge on any atom is -0.497 e. The Balaban J connectivity index is 1.58. The van der Waals surface area contributed by atoms with Gasteiger partial charge in [0, 0.05) is 17.4 Å². The first-order chi connectivity index (χ1) is 14.0. The number of para-hydroxylation sites is 1. The van der Waals surface area contributed by atoms with Crippen molar-refractivity contribution in [3.05, 3.63) is 53.6 Å². The Labute approximate surface area is 179 Å². The lowest BCUT2D eigenvalue weighted by molar-refractivity contribution is -0.113. The lowest BCUT2D eigenvalue weighted by Crippen LogP contribution is -2.16. The maximum absolute atomic E-state index is 12.5. The van der Waals surface area contributed by atoms with Crippen molar-refractivity contribution in [1.82, 2.24) is 10.2 Å². The number of nitrogens with zero attached hydrogens (tertiary/aromatic N) is 2. The van der Waals surface area contributed by atoms with Crippen LogP contribution in [0.5, 0.6) is 5.75 Å². The summed E-state index contributed by atoms with van der Waals surface area (Å²) >= 11 is 2.78. The first kappa shape index (κ1) is 21.1. The predicted octanol–water partition coefficient (Wildman–Crippen LogP) is 5.45. The lowest BCUT2D eigenvalue weighted by Gasteiger charge is -2.16. The van der Waals surface area contributed by atoms with Crippen LogP contribution in [0.25, 0.3) is 0 Å². The molecular formula is C21H24N4O2S2. The van der Waals surface area contributed by atoms with Gasteiger partial charge in [-0.3, -0.25) is 4.79 Å². The SMILES string of the molecule is COc1cccc(Nc2nnc(SCC(=O)Nc3c(C)cccc3C(C)C)s2)c1. The Morgan fingerprint density at radius 1 is 1.21 bits per heavy atom. The number of aryl methyl sites for hydroxylation is 1. The number of rotatable bonds is 8. The fraction of sp³-hybridized carbons (Fsp3) is 0.286. The van der Waals surface area contributed by atoms with Crippen LogP contribution >= 0.6 is 23.1 Å². The number of hydrogen-bond acceptors (Lipinski definition) is 7. The Morgan fingerprint density at radius 3 is 2.76 bits per heavy atom. The number of aromatic nitrogens is 2. The molecule has 6 nitrogen and oxygen atoms in total. The van der Waals surface area contributed by atoms with Crippen molar-refractivity contribution in [3.8, 4) is 5.75 Å². The topological polar surface area (TPSA) is 76.1 Å². The zero-order valence-electron chi connectivity index (χ0n) is 16.9. The number of methoxy groups -OCH3 is 1. The van der Waals surface area contributed by atoms with Gasteiger partial charge < -0.3 is 15.4 Å². The number of hydrogen-bond donors (Lipinski definition) is 2. The predicted molar refractivity (Wildman–Crippen MR) is 121 cm³/mol. The van der Waals surface area contributed by atoms with Gasteiger partial charge >= 0.3 is 0 Å². The maximum Gasteiger partial charge on any atom is 0.234 e. The molecule has 0 aliphatic carbocycles. The van der Waals surface area contributed by atoms with Crippen LogP contribution in [0.15, 0.2) is 46.8 Å². The molecule has 1 amide bonds. The van der Waals surface area contributed by atoms with Crippen molar-refractivity contribution in [2.45, 2.75) is 31.0 Å². The van der Waals surface area contributed by atoms with E-state index in [0.29, 0.717) is 11.0 Å². The van der Waals surface area contributed by atoms with Crippen molar-refractivity contribution in [2.24, 2.45) is 0 Å². The average Bonchev–Trinajstić information content (AvgIpc) is 3.15. The molecule has 0 spiro atoms. The summed E-state index contributed by atoms with van der Waals surface area (Å²) < 4.78 is 5.96. The molecule has 0 saturated heterocycles. The van der Waals surface area contributed by atoms with E-state index in [0.717, 1.165) is 32.6 Å². The van der Waals surface area contributed by atoms with Crippen molar-refractivity contribution in [1.29, 1.82) is 0 Å². The molecule has 0 unspecified atom stereocenters. The van der Waals surface area contributed by atoms with Crippen LogP contribution in [0.3, 0.4) is 0 Å². The molecule has 2 aromatic carbocycles. The van der Waals surface area contributed by atoms with Gasteiger partial charge in [0.25, 0.3) is 0 Å². The number of amides is 1. The van der Waals surface area contributed by atoms with E-state index < -0.39 is 0 Å². The van der Waals surface area contributed by atoms with Gasteiger partial charge in [0.05, 0.1) is 12.9 Å². The average molecular weight is 429 g/mol. The minimum atomic E-state index is -0.0521. The zero-order chi connectivity index (χ0) is 20.8. The van der Waals surface area contributed by atoms with Crippen LogP contribution in [0.1, 0.15) is 30.9 Å². The van der Waals surface area contributed by atoms with Crippen molar-refractivity contribution < 1.29 is 9.53 Å². The van der Waals surface area contributed by atoms with Gasteiger partial charge in [-0.2, -0.15) is 0 Å². The number of ether oxygens (including phenoxy) is 1. The molecule has 29 heavy (non-hydrogen) atoms. The summed E-state index contributed by atoms with van der Waals surface area (Å²) in [5.74, 6) is 1.33. The molecule has 0 atom stereocenters. The second-order valence-electron chi connectivity index (χ2n) is 6.76. The van der Waals surface area contributed by atoms with E-state index in [9.17, 15) is 4.79 Å². The van der Waals surface area contributed by atoms with Gasteiger partial charge in [-0.1, -0.05) is 61.2 Å². The third kappa shape index (κ3) is 5.71. The van der Waals surface area contributed by atoms with Crippen molar-refractivity contribution >= 4 is 45.5 Å². The normalized spacial score (nSPS) is 10.8. The lowest BCUT2D eigenvalue weighted by atomic mass is 9.98. The molecule has 0 aliphatic heterocycles. The summed E-state index contributed by atoms with van der Waals surface area (Å²) in [4.78, 5) is 12.5. The van der Waals surface area contributed by atoms with Crippen molar-refractivity contribution in [2.75, 3.05) is 23.5 Å². The molecule has 0 fully saturated rings. The summed E-state index contributed by atoms with van der Waals surface area (Å²) in [6.07, 6.45) is 0. The number of benzene rings is 2. The highest BCUT2D eigenvalue weighted by Gasteiger charge is 2.13. The monoisotopic (exact) mass is 428 g/mol. The Kier molecular flexibility index (Phi) is 7.11. The second kappa shape index (κ2) is 9.76. The quantitative estimate of drug-likeness (QED) is 0.465. The van der Waals surface area contributed by atoms with Crippen LogP contribution in [-0.4, -0.2) is 29.0 Å². The number of nitrogens with one attached hydrogen (secondary N) is 2. The van der Waals surface area contributed by atoms with E-state index in [4.69, 9.17) is 4.74 Å². The largest absolute Gasteiger partial charge is 0.497 e. The molecule has 2 N–H and O–H groups in total. The van der Waals surface area contributed by atoms with E-state index in [1.54, 1.807) is 7.11 Å². The molecule has 1 heterocycles. The molecule has 0 aliphatic rings. The summed E-state index contributed by atoms with van der Waals surface area (Å²) in [6, 6.07) is 13.7. The van der Waals surface area contributed by atoms with Gasteiger partial charge in [0.1, 0.15) is 5.75 Å². The highest BCUT2D eigenvalue weighted by Crippen LogP contribution is 2.30. The van der Waals surface area contributed by atoms with Crippen LogP contribution in [0.4, 0.5) is 16.5 Å². The highest BCUT2D eigenvalue weighted by molar-refractivity contribution is 8.01. The first-order valence-electron chi connectivity index (χ1n) is 9.23. The fourth-order valence-corrected chi connectivity index (χ4v) is 4.36. The minimum absolute atomic E-state index is 0.0521. The summed E-state index contributed by atoms with van der Waals surface area (Å²) in [5.41, 5.74) is 3.99. The van der Waals surface area contributed by atoms with E-state index in [1.165, 1.54) is 23.1 Å². The van der Waals surface area contributed by atoms with E-state index in [1.807, 2.05) is 43.3 Å². The van der Waals surface area contributed by atoms with Gasteiger partial charge in [-0.15, -0.1) is 10.2 Å². The summed E-state index contributed by atoms with van der Waals surface area (Å²) in [5, 5.41) is 15.2. The van der Waals surface area contributed by atoms with Gasteiger partial charge in [-0.05, 0) is 36.1 Å². The van der Waals surface area contributed by atoms with Crippen LogP contribution in [0, 0.1) is 6.92 Å². The Hall–Kier alpha value is -2.58. The molecular weight excluding hydrogens is 404 g/mol. The standard InChI is InChI=1S/C21H24N4O2S2/c1-13(2)17-10-5-7-14(3)19(17)23-18(26)12-28-21-25-24-20(29-21)22-15-8-6-9-16(11-15)27-4/h5-11,13H,12H2,1-4H3,(H,22,24)(H,23,26). The number of carbonyl (C=O) groups is 1. The van der Waals surface area contributed by atoms with E-state index in [2.05, 4.69) is 40.7 Å². The third-order valence-electron chi connectivity index (χ3n) is 4.25. The molecule has 8 heteroatoms. The summed E-state index contributed by atoms with van der Waals surface area (Å²) in [6.45, 7) is 6.25. The van der Waals surface area contributed by atoms with Crippen LogP contribution < -0.4 is 15.4 Å². The third-order valence-corrected chi connectivity index (χ3v) is 6.22. The van der Waals surface area contributed by atoms with Gasteiger partial charge in [-0.25, -0.2) is 0 Å². The highest BCUT2D eigenvalue weighted by atomic mass is 32.2. The smallest absolute Gasteiger partial charge is 0.234 e. The molecule has 0 saturated carbocycles. The number of anilines is 3. The molecule has 0 bridgehead atoms.